The maximum absolute atomic E-state index is 14.9. The number of primary amides is 1. The van der Waals surface area contributed by atoms with Gasteiger partial charge < -0.3 is 122 Å². The second-order valence-electron chi connectivity index (χ2n) is 29.9. The maximum Gasteiger partial charge on any atom is 0.329 e. The Morgan fingerprint density at radius 2 is 1.15 bits per heavy atom. The Morgan fingerprint density at radius 3 is 1.76 bits per heavy atom. The van der Waals surface area contributed by atoms with E-state index in [1.54, 1.807) is 30.5 Å². The lowest BCUT2D eigenvalue weighted by Crippen LogP contribution is -2.61. The molecule has 2 heterocycles. The zero-order valence-corrected chi connectivity index (χ0v) is 65.8. The molecule has 3 aliphatic carbocycles. The molecule has 3 aromatic rings. The summed E-state index contributed by atoms with van der Waals surface area (Å²) in [6, 6.07) is -9.92. The molecule has 14 amide bonds. The zero-order chi connectivity index (χ0) is 88.0. The molecule has 0 spiro atoms. The first-order valence-corrected chi connectivity index (χ1v) is 38.7. The SMILES string of the molecule is CCCCCC12CCC(C(=O)N[C@@H](Cc3c[nH]c4ccccc34)C(=O)N[C@H](CC(N)=O)C(=O)N[C@@H](CCC(=O)O)C(=O)N[C@H]3COC(=O)[C@H](CC(=O)c4ccccc4N)NC(=O)[C@H]([C@H](C)CC(=O)O)NC(=O)[C@@H](CO)NC(=O)CNC(=O)[C@H](CC(=O)O)NC(=O)[C@@H](C)NC(=O)[C@H](CC(=O)O)NC(=O)[C@H](CCCN)NC(=O)CNC3=O)(CC1)CC2. The highest BCUT2D eigenvalue weighted by atomic mass is 16.5. The van der Waals surface area contributed by atoms with Gasteiger partial charge in [-0.05, 0) is 113 Å². The van der Waals surface area contributed by atoms with Crippen LogP contribution < -0.4 is 86.3 Å². The minimum atomic E-state index is -2.37. The summed E-state index contributed by atoms with van der Waals surface area (Å²) in [5.41, 5.74) is 17.5. The standard InChI is InChI=1S/C76H105N17O26/c1-4-5-10-19-75-20-23-76(24-21-75,25-22-75)74(118)92-47(28-40-33-80-44-15-9-7-12-41(40)44)69(113)88-48(30-55(79)96)70(114)86-46(17-18-58(99)100)67(111)91-53-37-119-73(117)51(29-54(95)42-13-6-8-14-43(42)78)90-72(116)62(38(2)27-59(101)102)93-71(115)52(36-94)85-57(98)35-81-64(108)49(31-60(103)104)87-63(107)39(3)83-68(112)50(32-61(105)106)89-66(110)45(16-11-26-77)84-56(97)34-82-65(53)109/h6-9,12-15,33,38-39,45-53,62,80,94H,4-5,10-11,16-32,34-37,77-78H2,1-3H3,(H2,79,96)(H,81,108)(H,82,109)(H,83,112)(H,84,97)(H,85,98)(H,86,114)(H,87,107)(H,88,113)(H,89,110)(H,90,116)(H,91,111)(H,92,118)(H,93,115)(H,99,100)(H,101,102)(H,103,104)(H,105,106)/t38-,39-,45+,46+,47+,48-,49+,50+,51+,52-,53+,62+,75?,76?/m1/s1. The van der Waals surface area contributed by atoms with Crippen LogP contribution in [0.2, 0.25) is 0 Å². The van der Waals surface area contributed by atoms with E-state index < -0.39 is 267 Å². The number of carbonyl (C=O) groups excluding carboxylic acids is 16. The van der Waals surface area contributed by atoms with Crippen molar-refractivity contribution in [1.29, 1.82) is 0 Å². The molecule has 1 saturated heterocycles. The number of anilines is 1. The van der Waals surface area contributed by atoms with Gasteiger partial charge in [0.2, 0.25) is 82.7 Å². The summed E-state index contributed by atoms with van der Waals surface area (Å²) in [6.45, 7) is -1.09. The number of benzene rings is 2. The van der Waals surface area contributed by atoms with Crippen LogP contribution >= 0.6 is 0 Å². The van der Waals surface area contributed by atoms with Crippen LogP contribution in [0.25, 0.3) is 10.9 Å². The molecule has 4 fully saturated rings. The summed E-state index contributed by atoms with van der Waals surface area (Å²) >= 11 is 0. The number of aromatic amines is 1. The molecule has 7 rings (SSSR count). The Bertz CT molecular complexity index is 4260. The molecule has 1 aliphatic heterocycles. The van der Waals surface area contributed by atoms with Gasteiger partial charge in [0, 0.05) is 53.0 Å². The van der Waals surface area contributed by atoms with Gasteiger partial charge in [-0.3, -0.25) is 91.1 Å². The molecule has 650 valence electrons. The fraction of sp³-hybridized carbons (Fsp3) is 0.553. The molecule has 2 bridgehead atoms. The molecular formula is C76H105N17O26. The Balaban J connectivity index is 1.39. The van der Waals surface area contributed by atoms with Crippen molar-refractivity contribution >= 4 is 135 Å². The van der Waals surface area contributed by atoms with Gasteiger partial charge in [-0.1, -0.05) is 63.4 Å². The number of unbranched alkanes of at least 4 members (excludes halogenated alkanes) is 2. The molecule has 0 unspecified atom stereocenters. The van der Waals surface area contributed by atoms with Crippen molar-refractivity contribution in [3.8, 4) is 0 Å². The van der Waals surface area contributed by atoms with E-state index in [9.17, 15) is 121 Å². The molecule has 4 aliphatic rings. The monoisotopic (exact) mass is 1670 g/mol. The van der Waals surface area contributed by atoms with E-state index in [2.05, 4.69) is 65.1 Å². The number of amides is 14. The molecule has 43 heteroatoms. The molecule has 0 radical (unpaired) electrons. The lowest BCUT2D eigenvalue weighted by Gasteiger charge is -2.53. The Labute approximate surface area is 680 Å². The number of aliphatic carboxylic acids is 4. The fourth-order valence-corrected chi connectivity index (χ4v) is 14.2. The van der Waals surface area contributed by atoms with Crippen LogP contribution in [0, 0.1) is 16.7 Å². The van der Waals surface area contributed by atoms with Crippen molar-refractivity contribution in [2.24, 2.45) is 28.2 Å². The first-order valence-electron chi connectivity index (χ1n) is 38.7. The third-order valence-corrected chi connectivity index (χ3v) is 21.0. The fourth-order valence-electron chi connectivity index (χ4n) is 14.2. The van der Waals surface area contributed by atoms with Crippen molar-refractivity contribution in [2.45, 2.75) is 216 Å². The number of aromatic nitrogens is 1. The number of rotatable bonds is 33. The number of carboxylic acids is 4. The summed E-state index contributed by atoms with van der Waals surface area (Å²) in [4.78, 5) is 278. The van der Waals surface area contributed by atoms with Crippen LogP contribution in [0.15, 0.2) is 54.7 Å². The number of fused-ring (bicyclic) bond motifs is 4. The molecule has 2 aromatic carbocycles. The summed E-state index contributed by atoms with van der Waals surface area (Å²) in [7, 11) is 0. The van der Waals surface area contributed by atoms with Crippen molar-refractivity contribution in [2.75, 3.05) is 38.6 Å². The van der Waals surface area contributed by atoms with Crippen molar-refractivity contribution in [3.05, 3.63) is 65.9 Å². The smallest absolute Gasteiger partial charge is 0.329 e. The van der Waals surface area contributed by atoms with Crippen molar-refractivity contribution in [3.63, 3.8) is 0 Å². The van der Waals surface area contributed by atoms with E-state index in [4.69, 9.17) is 21.9 Å². The Morgan fingerprint density at radius 1 is 0.580 bits per heavy atom. The quantitative estimate of drug-likeness (QED) is 0.0118. The Hall–Kier alpha value is -12.7. The maximum atomic E-state index is 14.9. The van der Waals surface area contributed by atoms with Crippen LogP contribution in [-0.4, -0.2) is 248 Å². The van der Waals surface area contributed by atoms with Gasteiger partial charge in [-0.25, -0.2) is 4.79 Å². The number of hydrogen-bond donors (Lipinski definition) is 22. The predicted molar refractivity (Wildman–Crippen MR) is 414 cm³/mol. The lowest BCUT2D eigenvalue weighted by atomic mass is 9.52. The number of para-hydroxylation sites is 2. The third kappa shape index (κ3) is 28.9. The van der Waals surface area contributed by atoms with Gasteiger partial charge >= 0.3 is 29.8 Å². The number of hydrogen-bond acceptors (Lipinski definition) is 24. The number of carbonyl (C=O) groups is 20. The van der Waals surface area contributed by atoms with Crippen LogP contribution in [0.5, 0.6) is 0 Å². The van der Waals surface area contributed by atoms with E-state index in [0.29, 0.717) is 35.7 Å². The van der Waals surface area contributed by atoms with Gasteiger partial charge in [0.1, 0.15) is 73.1 Å². The molecule has 119 heavy (non-hydrogen) atoms. The number of aliphatic hydroxyl groups excluding tert-OH is 1. The minimum Gasteiger partial charge on any atom is -0.481 e. The van der Waals surface area contributed by atoms with E-state index in [1.165, 1.54) is 24.3 Å². The van der Waals surface area contributed by atoms with E-state index >= 15 is 0 Å². The summed E-state index contributed by atoms with van der Waals surface area (Å²) in [6.07, 6.45) is 1.78. The van der Waals surface area contributed by atoms with Crippen LogP contribution in [0.1, 0.15) is 159 Å². The summed E-state index contributed by atoms with van der Waals surface area (Å²) < 4.78 is 5.54. The first-order chi connectivity index (χ1) is 56.3. The first kappa shape index (κ1) is 95.1. The van der Waals surface area contributed by atoms with E-state index in [0.717, 1.165) is 58.8 Å². The van der Waals surface area contributed by atoms with Gasteiger partial charge in [0.15, 0.2) is 5.78 Å². The van der Waals surface area contributed by atoms with Crippen molar-refractivity contribution in [1.82, 2.24) is 74.1 Å². The van der Waals surface area contributed by atoms with Gasteiger partial charge in [0.25, 0.3) is 0 Å². The molecule has 43 nitrogen and oxygen atoms in total. The highest BCUT2D eigenvalue weighted by Gasteiger charge is 2.53. The largest absolute Gasteiger partial charge is 0.481 e. The number of ether oxygens (including phenoxy) is 1. The second-order valence-corrected chi connectivity index (χ2v) is 29.9. The number of nitrogens with two attached hydrogens (primary N) is 3. The highest BCUT2D eigenvalue weighted by Crippen LogP contribution is 2.59. The summed E-state index contributed by atoms with van der Waals surface area (Å²) in [5, 5.41) is 79.2. The predicted octanol–water partition coefficient (Wildman–Crippen LogP) is -4.84. The summed E-state index contributed by atoms with van der Waals surface area (Å²) in [5.74, 6) is -28.8. The number of nitrogen functional groups attached to an aromatic ring is 1. The number of cyclic esters (lactones) is 1. The number of Topliss-reactive ketones (excluding diaryl/α,β-unsaturated/α-hetero) is 1. The third-order valence-electron chi connectivity index (χ3n) is 21.0. The van der Waals surface area contributed by atoms with Gasteiger partial charge in [0.05, 0.1) is 45.4 Å². The second kappa shape index (κ2) is 45.1. The minimum absolute atomic E-state index is 0.0830. The van der Waals surface area contributed by atoms with Crippen LogP contribution in [0.3, 0.4) is 0 Å². The topological polar surface area (TPSA) is 702 Å². The number of nitrogens with one attached hydrogen (secondary N) is 14. The van der Waals surface area contributed by atoms with Crippen LogP contribution in [-0.2, 0) is 102 Å². The van der Waals surface area contributed by atoms with Gasteiger partial charge in [-0.15, -0.1) is 0 Å². The number of esters is 1. The molecule has 3 saturated carbocycles. The number of carboxylic acid groups (broad SMARTS) is 4. The number of H-pyrrole nitrogens is 1. The number of aliphatic hydroxyl groups is 1. The Kier molecular flexibility index (Phi) is 36.1. The molecule has 12 atom stereocenters. The average Bonchev–Trinajstić information content (AvgIpc) is 1.25. The highest BCUT2D eigenvalue weighted by molar-refractivity contribution is 6.05. The zero-order valence-electron chi connectivity index (χ0n) is 65.8. The van der Waals surface area contributed by atoms with E-state index in [-0.39, 0.29) is 42.5 Å². The van der Waals surface area contributed by atoms with E-state index in [1.807, 2.05) is 16.0 Å². The number of ketones is 1. The van der Waals surface area contributed by atoms with Crippen molar-refractivity contribution < 1.29 is 126 Å². The normalized spacial score (nSPS) is 23.9. The average molecular weight is 1670 g/mol. The molecule has 25 N–H and O–H groups in total. The van der Waals surface area contributed by atoms with Crippen LogP contribution in [0.4, 0.5) is 5.69 Å². The molecule has 1 aromatic heterocycles. The molecular weight excluding hydrogens is 1570 g/mol. The van der Waals surface area contributed by atoms with Gasteiger partial charge in [-0.2, -0.15) is 0 Å². The lowest BCUT2D eigenvalue weighted by molar-refractivity contribution is -0.151.